The van der Waals surface area contributed by atoms with Crippen LogP contribution in [0.25, 0.3) is 0 Å². The molecule has 2 heterocycles. The Morgan fingerprint density at radius 2 is 1.75 bits per heavy atom. The third kappa shape index (κ3) is 13.0. The molecule has 0 bridgehead atoms. The molecule has 0 saturated carbocycles. The highest BCUT2D eigenvalue weighted by Gasteiger charge is 2.38. The highest BCUT2D eigenvalue weighted by Crippen LogP contribution is 2.31. The van der Waals surface area contributed by atoms with Gasteiger partial charge in [-0.05, 0) is 68.7 Å². The van der Waals surface area contributed by atoms with Gasteiger partial charge in [-0.25, -0.2) is 4.98 Å². The van der Waals surface area contributed by atoms with Crippen molar-refractivity contribution < 1.29 is 33.4 Å². The van der Waals surface area contributed by atoms with E-state index in [1.54, 1.807) is 38.3 Å². The van der Waals surface area contributed by atoms with Crippen molar-refractivity contribution >= 4 is 40.7 Å². The van der Waals surface area contributed by atoms with Gasteiger partial charge in [0.15, 0.2) is 0 Å². The summed E-state index contributed by atoms with van der Waals surface area (Å²) in [6.45, 7) is 12.7. The molecule has 7 atom stereocenters. The van der Waals surface area contributed by atoms with E-state index in [-0.39, 0.29) is 72.7 Å². The molecule has 5 N–H and O–H groups in total. The Kier molecular flexibility index (Phi) is 18.1. The molecule has 1 aliphatic heterocycles. The van der Waals surface area contributed by atoms with Crippen LogP contribution in [0.15, 0.2) is 29.6 Å². The van der Waals surface area contributed by atoms with Crippen LogP contribution in [0.3, 0.4) is 0 Å². The number of methoxy groups -OCH3 is 2. The number of ether oxygens (including phenoxy) is 3. The molecule has 0 spiro atoms. The molecule has 1 unspecified atom stereocenters. The van der Waals surface area contributed by atoms with Gasteiger partial charge in [-0.3, -0.25) is 19.2 Å². The predicted octanol–water partition coefficient (Wildman–Crippen LogP) is 4.86. The first-order valence-electron chi connectivity index (χ1n) is 19.0. The number of hydrogen-bond acceptors (Lipinski definition) is 11. The largest absolute Gasteiger partial charge is 0.466 e. The zero-order valence-electron chi connectivity index (χ0n) is 32.8. The molecule has 296 valence electrons. The first-order valence-corrected chi connectivity index (χ1v) is 19.8. The standard InChI is InChI=1S/C39H62N6O7S/c1-9-25(5)34(44-35(46)30-13-11-12-18-41-30)38(48)45(23-50-7)32(24(3)4)21-33(51-8)37-43-31(22-53-37)36(47)42-29(19-26(6)39(49)52-10-2)20-27-14-16-28(40)17-15-27/h14-17,22,24-26,29-30,32-34,41H,9-13,18-21,23,40H2,1-8H3,(H,42,47)(H,44,46)/t25-,26?,29+,30+,32+,33+,34-/m0/s1. The fourth-order valence-electron chi connectivity index (χ4n) is 6.67. The van der Waals surface area contributed by atoms with Crippen LogP contribution in [0.5, 0.6) is 0 Å². The number of carbonyl (C=O) groups is 4. The number of nitrogens with zero attached hydrogens (tertiary/aromatic N) is 2. The van der Waals surface area contributed by atoms with E-state index in [2.05, 4.69) is 16.0 Å². The van der Waals surface area contributed by atoms with E-state index in [1.165, 1.54) is 11.3 Å². The fourth-order valence-corrected chi connectivity index (χ4v) is 7.56. The summed E-state index contributed by atoms with van der Waals surface area (Å²) in [6.07, 6.45) is 4.17. The Balaban J connectivity index is 1.81. The average Bonchev–Trinajstić information content (AvgIpc) is 3.64. The summed E-state index contributed by atoms with van der Waals surface area (Å²) in [7, 11) is 3.14. The monoisotopic (exact) mass is 758 g/mol. The molecule has 2 aromatic rings. The summed E-state index contributed by atoms with van der Waals surface area (Å²) in [5, 5.41) is 11.7. The molecule has 53 heavy (non-hydrogen) atoms. The number of carbonyl (C=O) groups excluding carboxylic acids is 4. The van der Waals surface area contributed by atoms with Gasteiger partial charge in [-0.1, -0.05) is 59.6 Å². The summed E-state index contributed by atoms with van der Waals surface area (Å²) >= 11 is 1.31. The van der Waals surface area contributed by atoms with Crippen molar-refractivity contribution in [3.8, 4) is 0 Å². The van der Waals surface area contributed by atoms with Crippen molar-refractivity contribution in [1.29, 1.82) is 0 Å². The maximum absolute atomic E-state index is 14.4. The van der Waals surface area contributed by atoms with Crippen LogP contribution < -0.4 is 21.7 Å². The number of benzene rings is 1. The second-order valence-corrected chi connectivity index (χ2v) is 15.3. The molecule has 3 amide bonds. The highest BCUT2D eigenvalue weighted by atomic mass is 32.1. The van der Waals surface area contributed by atoms with Crippen LogP contribution in [0, 0.1) is 17.8 Å². The molecule has 1 aromatic carbocycles. The number of amides is 3. The van der Waals surface area contributed by atoms with Crippen molar-refractivity contribution in [3.63, 3.8) is 0 Å². The molecule has 14 heteroatoms. The van der Waals surface area contributed by atoms with Gasteiger partial charge in [-0.2, -0.15) is 0 Å². The number of esters is 1. The minimum absolute atomic E-state index is 0.00161. The zero-order chi connectivity index (χ0) is 39.1. The normalized spacial score (nSPS) is 17.9. The van der Waals surface area contributed by atoms with E-state index < -0.39 is 18.1 Å². The Labute approximate surface area is 319 Å². The van der Waals surface area contributed by atoms with Crippen molar-refractivity contribution in [2.45, 2.75) is 117 Å². The molecule has 0 radical (unpaired) electrons. The van der Waals surface area contributed by atoms with Crippen LogP contribution in [-0.2, 0) is 35.0 Å². The third-order valence-corrected chi connectivity index (χ3v) is 11.0. The van der Waals surface area contributed by atoms with Gasteiger partial charge >= 0.3 is 5.97 Å². The predicted molar refractivity (Wildman–Crippen MR) is 207 cm³/mol. The fraction of sp³-hybridized carbons (Fsp3) is 0.667. The summed E-state index contributed by atoms with van der Waals surface area (Å²) in [5.41, 5.74) is 7.72. The number of aromatic nitrogens is 1. The Morgan fingerprint density at radius 1 is 1.04 bits per heavy atom. The van der Waals surface area contributed by atoms with E-state index >= 15 is 0 Å². The van der Waals surface area contributed by atoms with Gasteiger partial charge in [0, 0.05) is 43.8 Å². The number of thiazole rings is 1. The van der Waals surface area contributed by atoms with Crippen molar-refractivity contribution in [2.75, 3.05) is 39.8 Å². The number of hydrogen-bond donors (Lipinski definition) is 4. The molecule has 1 aromatic heterocycles. The quantitative estimate of drug-likeness (QED) is 0.0782. The van der Waals surface area contributed by atoms with Crippen LogP contribution in [0.1, 0.15) is 107 Å². The minimum Gasteiger partial charge on any atom is -0.466 e. The van der Waals surface area contributed by atoms with Crippen LogP contribution in [-0.4, -0.2) is 91.8 Å². The van der Waals surface area contributed by atoms with Crippen LogP contribution >= 0.6 is 11.3 Å². The van der Waals surface area contributed by atoms with Gasteiger partial charge in [-0.15, -0.1) is 11.3 Å². The van der Waals surface area contributed by atoms with Gasteiger partial charge in [0.05, 0.1) is 18.6 Å². The van der Waals surface area contributed by atoms with Crippen molar-refractivity contribution in [2.24, 2.45) is 17.8 Å². The lowest BCUT2D eigenvalue weighted by Gasteiger charge is -2.39. The molecule has 1 aliphatic rings. The van der Waals surface area contributed by atoms with Gasteiger partial charge < -0.3 is 40.8 Å². The topological polar surface area (TPSA) is 174 Å². The van der Waals surface area contributed by atoms with E-state index in [4.69, 9.17) is 24.9 Å². The second-order valence-electron chi connectivity index (χ2n) is 14.4. The Hall–Kier alpha value is -3.59. The second kappa shape index (κ2) is 21.9. The number of anilines is 1. The molecule has 0 aliphatic carbocycles. The summed E-state index contributed by atoms with van der Waals surface area (Å²) in [5.74, 6) is -1.58. The van der Waals surface area contributed by atoms with Crippen molar-refractivity contribution in [3.05, 3.63) is 45.9 Å². The van der Waals surface area contributed by atoms with Gasteiger partial charge in [0.1, 0.15) is 29.6 Å². The maximum atomic E-state index is 14.4. The maximum Gasteiger partial charge on any atom is 0.308 e. The Bertz CT molecular complexity index is 1450. The minimum atomic E-state index is -0.725. The molecule has 1 saturated heterocycles. The summed E-state index contributed by atoms with van der Waals surface area (Å²) < 4.78 is 16.8. The SMILES string of the molecule is CCOC(=O)C(C)C[C@H](Cc1ccc(N)cc1)NC(=O)c1csc([C@@H](C[C@H](C(C)C)N(COC)C(=O)[C@@H](NC(=O)[C@H]2CCCCN2)[C@@H](C)CC)OC)n1. The van der Waals surface area contributed by atoms with Crippen LogP contribution in [0.4, 0.5) is 5.69 Å². The van der Waals surface area contributed by atoms with E-state index in [1.807, 2.05) is 52.0 Å². The summed E-state index contributed by atoms with van der Waals surface area (Å²) in [6, 6.07) is 5.68. The zero-order valence-corrected chi connectivity index (χ0v) is 33.6. The van der Waals surface area contributed by atoms with Gasteiger partial charge in [0.2, 0.25) is 11.8 Å². The molecule has 3 rings (SSSR count). The molecule has 13 nitrogen and oxygen atoms in total. The lowest BCUT2D eigenvalue weighted by Crippen LogP contribution is -2.59. The lowest BCUT2D eigenvalue weighted by atomic mass is 9.92. The average molecular weight is 759 g/mol. The van der Waals surface area contributed by atoms with E-state index in [0.717, 1.165) is 31.4 Å². The van der Waals surface area contributed by atoms with E-state index in [0.29, 0.717) is 36.4 Å². The molecular formula is C39H62N6O7S. The number of rotatable bonds is 21. The number of piperidine rings is 1. The van der Waals surface area contributed by atoms with Gasteiger partial charge in [0.25, 0.3) is 5.91 Å². The Morgan fingerprint density at radius 3 is 2.34 bits per heavy atom. The van der Waals surface area contributed by atoms with Crippen molar-refractivity contribution in [1.82, 2.24) is 25.8 Å². The third-order valence-electron chi connectivity index (χ3n) is 10.0. The number of nitrogen functional groups attached to an aromatic ring is 1. The summed E-state index contributed by atoms with van der Waals surface area (Å²) in [4.78, 5) is 60.2. The molecule has 1 fully saturated rings. The van der Waals surface area contributed by atoms with E-state index in [9.17, 15) is 19.2 Å². The first-order chi connectivity index (χ1) is 25.3. The lowest BCUT2D eigenvalue weighted by molar-refractivity contribution is -0.148. The first kappa shape index (κ1) is 43.8. The van der Waals surface area contributed by atoms with Crippen LogP contribution in [0.2, 0.25) is 0 Å². The number of nitrogens with one attached hydrogen (secondary N) is 3. The molecular weight excluding hydrogens is 697 g/mol. The number of nitrogens with two attached hydrogens (primary N) is 1. The smallest absolute Gasteiger partial charge is 0.308 e. The highest BCUT2D eigenvalue weighted by molar-refractivity contribution is 7.09.